The van der Waals surface area contributed by atoms with Gasteiger partial charge >= 0.3 is 11.7 Å². The number of nitrogens with one attached hydrogen (secondary N) is 1. The van der Waals surface area contributed by atoms with E-state index >= 15 is 0 Å². The maximum Gasteiger partial charge on any atom is 0.330 e. The van der Waals surface area contributed by atoms with E-state index in [0.29, 0.717) is 25.6 Å². The molecule has 0 radical (unpaired) electrons. The van der Waals surface area contributed by atoms with Crippen molar-refractivity contribution in [2.75, 3.05) is 13.2 Å². The zero-order valence-corrected chi connectivity index (χ0v) is 14.1. The first-order valence-electron chi connectivity index (χ1n) is 8.30. The van der Waals surface area contributed by atoms with Crippen molar-refractivity contribution in [2.24, 2.45) is 11.5 Å². The van der Waals surface area contributed by atoms with Crippen molar-refractivity contribution in [3.8, 4) is 0 Å². The maximum atomic E-state index is 13.4. The molecule has 0 aromatic carbocycles. The van der Waals surface area contributed by atoms with Crippen LogP contribution in [-0.2, 0) is 14.3 Å². The lowest BCUT2D eigenvalue weighted by molar-refractivity contribution is -0.154. The Hall–Kier alpha value is -2.08. The predicted octanol–water partition coefficient (Wildman–Crippen LogP) is -1.68. The molecule has 0 aliphatic carbocycles. The minimum Gasteiger partial charge on any atom is -0.458 e. The second-order valence-electron chi connectivity index (χ2n) is 6.06. The molecular weight excluding hydrogens is 351 g/mol. The first-order valence-corrected chi connectivity index (χ1v) is 8.30. The molecule has 1 saturated heterocycles. The summed E-state index contributed by atoms with van der Waals surface area (Å²) in [6.45, 7) is 0.0222. The van der Waals surface area contributed by atoms with Gasteiger partial charge in [-0.05, 0) is 19.4 Å². The summed E-state index contributed by atoms with van der Waals surface area (Å²) < 4.78 is 25.0. The average Bonchev–Trinajstić information content (AvgIpc) is 3.00. The number of rotatable bonds is 8. The Labute approximate surface area is 147 Å². The van der Waals surface area contributed by atoms with Crippen molar-refractivity contribution < 1.29 is 23.8 Å². The van der Waals surface area contributed by atoms with E-state index in [1.165, 1.54) is 0 Å². The van der Waals surface area contributed by atoms with Crippen molar-refractivity contribution in [1.82, 2.24) is 9.55 Å². The molecule has 2 heterocycles. The summed E-state index contributed by atoms with van der Waals surface area (Å²) in [7, 11) is 0. The van der Waals surface area contributed by atoms with E-state index < -0.39 is 54.1 Å². The van der Waals surface area contributed by atoms with Crippen LogP contribution in [-0.4, -0.2) is 52.0 Å². The average molecular weight is 374 g/mol. The molecule has 2 rings (SSSR count). The van der Waals surface area contributed by atoms with Gasteiger partial charge in [0.15, 0.2) is 0 Å². The molecule has 0 bridgehead atoms. The monoisotopic (exact) mass is 374 g/mol. The first-order chi connectivity index (χ1) is 12.4. The molecule has 6 N–H and O–H groups in total. The topological polar surface area (TPSA) is 163 Å². The molecule has 1 fully saturated rings. The quantitative estimate of drug-likeness (QED) is 0.310. The van der Waals surface area contributed by atoms with Crippen LogP contribution >= 0.6 is 0 Å². The highest BCUT2D eigenvalue weighted by Crippen LogP contribution is 2.30. The SMILES string of the molecule is NCCCC[C@H](N)C(=O)O[C@H]1C[C@H](n2cc(F)c(=O)[nH]c2=O)O[C@@H]1CO. The molecule has 0 spiro atoms. The second-order valence-corrected chi connectivity index (χ2v) is 6.06. The summed E-state index contributed by atoms with van der Waals surface area (Å²) in [6, 6.07) is -0.840. The zero-order valence-electron chi connectivity index (χ0n) is 14.1. The van der Waals surface area contributed by atoms with Crippen LogP contribution in [0.5, 0.6) is 0 Å². The number of aliphatic hydroxyl groups is 1. The highest BCUT2D eigenvalue weighted by atomic mass is 19.1. The number of unbranched alkanes of at least 4 members (excludes halogenated alkanes) is 1. The van der Waals surface area contributed by atoms with Crippen LogP contribution < -0.4 is 22.7 Å². The van der Waals surface area contributed by atoms with E-state index in [0.717, 1.165) is 11.0 Å². The fraction of sp³-hybridized carbons (Fsp3) is 0.667. The molecule has 146 valence electrons. The van der Waals surface area contributed by atoms with Crippen molar-refractivity contribution in [2.45, 2.75) is 50.2 Å². The van der Waals surface area contributed by atoms with Gasteiger partial charge in [-0.2, -0.15) is 4.39 Å². The molecule has 0 amide bonds. The Kier molecular flexibility index (Phi) is 7.03. The summed E-state index contributed by atoms with van der Waals surface area (Å²) in [5.74, 6) is -1.81. The Morgan fingerprint density at radius 2 is 2.23 bits per heavy atom. The van der Waals surface area contributed by atoms with E-state index in [-0.39, 0.29) is 6.42 Å². The summed E-state index contributed by atoms with van der Waals surface area (Å²) in [5, 5.41) is 9.41. The van der Waals surface area contributed by atoms with Gasteiger partial charge in [-0.25, -0.2) is 4.79 Å². The van der Waals surface area contributed by atoms with Gasteiger partial charge in [0.25, 0.3) is 5.56 Å². The zero-order chi connectivity index (χ0) is 19.3. The van der Waals surface area contributed by atoms with Crippen molar-refractivity contribution in [3.05, 3.63) is 32.9 Å². The highest BCUT2D eigenvalue weighted by molar-refractivity contribution is 5.75. The van der Waals surface area contributed by atoms with Crippen molar-refractivity contribution in [3.63, 3.8) is 0 Å². The molecular formula is C15H23FN4O6. The number of carbonyl (C=O) groups excluding carboxylic acids is 1. The summed E-state index contributed by atoms with van der Waals surface area (Å²) in [5.41, 5.74) is 9.13. The predicted molar refractivity (Wildman–Crippen MR) is 87.7 cm³/mol. The lowest BCUT2D eigenvalue weighted by Gasteiger charge is -2.19. The van der Waals surface area contributed by atoms with Gasteiger partial charge in [-0.15, -0.1) is 0 Å². The number of aliphatic hydroxyl groups excluding tert-OH is 1. The first kappa shape index (κ1) is 20.2. The number of hydrogen-bond donors (Lipinski definition) is 4. The van der Waals surface area contributed by atoms with Crippen LogP contribution in [0, 0.1) is 5.82 Å². The maximum absolute atomic E-state index is 13.4. The molecule has 11 heteroatoms. The number of aromatic amines is 1. The standard InChI is InChI=1S/C15H23FN4O6/c16-8-6-20(15(24)19-13(8)22)12-5-10(11(7-21)25-12)26-14(23)9(18)3-1-2-4-17/h6,9-12,21H,1-5,7,17-18H2,(H,19,22,24)/t9-,10-,11+,12+/m0/s1. The molecule has 1 aliphatic rings. The van der Waals surface area contributed by atoms with Crippen LogP contribution in [0.3, 0.4) is 0 Å². The largest absolute Gasteiger partial charge is 0.458 e. The van der Waals surface area contributed by atoms with Gasteiger partial charge < -0.3 is 26.0 Å². The van der Waals surface area contributed by atoms with E-state index in [9.17, 15) is 23.9 Å². The smallest absolute Gasteiger partial charge is 0.330 e. The molecule has 10 nitrogen and oxygen atoms in total. The van der Waals surface area contributed by atoms with E-state index in [1.54, 1.807) is 0 Å². The summed E-state index contributed by atoms with van der Waals surface area (Å²) >= 11 is 0. The van der Waals surface area contributed by atoms with Crippen molar-refractivity contribution in [1.29, 1.82) is 0 Å². The van der Waals surface area contributed by atoms with E-state index in [2.05, 4.69) is 0 Å². The van der Waals surface area contributed by atoms with Crippen molar-refractivity contribution >= 4 is 5.97 Å². The summed E-state index contributed by atoms with van der Waals surface area (Å²) in [4.78, 5) is 36.8. The lowest BCUT2D eigenvalue weighted by Crippen LogP contribution is -2.38. The Balaban J connectivity index is 2.05. The Morgan fingerprint density at radius 1 is 1.50 bits per heavy atom. The number of ether oxygens (including phenoxy) is 2. The lowest BCUT2D eigenvalue weighted by atomic mass is 10.1. The van der Waals surface area contributed by atoms with Gasteiger partial charge in [0.1, 0.15) is 24.5 Å². The Bertz CT molecular complexity index is 736. The fourth-order valence-corrected chi connectivity index (χ4v) is 2.70. The van der Waals surface area contributed by atoms with Gasteiger partial charge in [0.2, 0.25) is 5.82 Å². The fourth-order valence-electron chi connectivity index (χ4n) is 2.70. The molecule has 1 aromatic rings. The number of carbonyl (C=O) groups is 1. The minimum absolute atomic E-state index is 0.00211. The molecule has 4 atom stereocenters. The number of H-pyrrole nitrogens is 1. The number of nitrogens with two attached hydrogens (primary N) is 2. The van der Waals surface area contributed by atoms with Gasteiger partial charge in [0.05, 0.1) is 12.8 Å². The van der Waals surface area contributed by atoms with Crippen LogP contribution in [0.4, 0.5) is 4.39 Å². The summed E-state index contributed by atoms with van der Waals surface area (Å²) in [6.07, 6.45) is -0.247. The van der Waals surface area contributed by atoms with E-state index in [1.807, 2.05) is 4.98 Å². The number of hydrogen-bond acceptors (Lipinski definition) is 8. The van der Waals surface area contributed by atoms with Gasteiger partial charge in [-0.3, -0.25) is 19.1 Å². The molecule has 1 aliphatic heterocycles. The van der Waals surface area contributed by atoms with Crippen LogP contribution in [0.2, 0.25) is 0 Å². The second kappa shape index (κ2) is 9.03. The number of aromatic nitrogens is 2. The minimum atomic E-state index is -1.16. The molecule has 0 saturated carbocycles. The van der Waals surface area contributed by atoms with Gasteiger partial charge in [0, 0.05) is 6.42 Å². The third-order valence-electron chi connectivity index (χ3n) is 4.13. The molecule has 0 unspecified atom stereocenters. The van der Waals surface area contributed by atoms with Crippen LogP contribution in [0.1, 0.15) is 31.9 Å². The number of halogens is 1. The van der Waals surface area contributed by atoms with Gasteiger partial charge in [-0.1, -0.05) is 6.42 Å². The highest BCUT2D eigenvalue weighted by Gasteiger charge is 2.39. The Morgan fingerprint density at radius 3 is 2.88 bits per heavy atom. The third kappa shape index (κ3) is 4.75. The van der Waals surface area contributed by atoms with Crippen LogP contribution in [0.15, 0.2) is 15.8 Å². The molecule has 26 heavy (non-hydrogen) atoms. The van der Waals surface area contributed by atoms with Crippen LogP contribution in [0.25, 0.3) is 0 Å². The number of nitrogens with zero attached hydrogens (tertiary/aromatic N) is 1. The molecule has 1 aromatic heterocycles. The third-order valence-corrected chi connectivity index (χ3v) is 4.13. The van der Waals surface area contributed by atoms with E-state index in [4.69, 9.17) is 20.9 Å². The number of esters is 1. The normalized spacial score (nSPS) is 23.8.